The molecule has 0 aliphatic heterocycles. The van der Waals surface area contributed by atoms with Gasteiger partial charge >= 0.3 is 6.09 Å². The van der Waals surface area contributed by atoms with Crippen LogP contribution in [0.2, 0.25) is 0 Å². The number of rotatable bonds is 18. The smallest absolute Gasteiger partial charge is 0.414 e. The van der Waals surface area contributed by atoms with Crippen molar-refractivity contribution in [3.63, 3.8) is 0 Å². The molecule has 32 heavy (non-hydrogen) atoms. The van der Waals surface area contributed by atoms with Crippen LogP contribution >= 0.6 is 0 Å². The second-order valence-corrected chi connectivity index (χ2v) is 10.2. The molecule has 0 atom stereocenters. The van der Waals surface area contributed by atoms with Gasteiger partial charge < -0.3 is 4.74 Å². The van der Waals surface area contributed by atoms with Gasteiger partial charge in [0, 0.05) is 12.6 Å². The summed E-state index contributed by atoms with van der Waals surface area (Å²) < 4.78 is 5.60. The minimum Gasteiger partial charge on any atom is -0.443 e. The molecule has 0 heterocycles. The van der Waals surface area contributed by atoms with E-state index >= 15 is 0 Å². The van der Waals surface area contributed by atoms with Gasteiger partial charge in [0.2, 0.25) is 0 Å². The Labute approximate surface area is 199 Å². The summed E-state index contributed by atoms with van der Waals surface area (Å²) in [6.07, 6.45) is 21.3. The molecule has 0 saturated carbocycles. The van der Waals surface area contributed by atoms with E-state index in [1.54, 1.807) is 4.90 Å². The van der Waals surface area contributed by atoms with Crippen molar-refractivity contribution in [1.29, 1.82) is 0 Å². The topological polar surface area (TPSA) is 29.5 Å². The van der Waals surface area contributed by atoms with Gasteiger partial charge in [-0.15, -0.1) is 0 Å². The number of benzene rings is 1. The summed E-state index contributed by atoms with van der Waals surface area (Å²) in [5.41, 5.74) is 0.307. The molecular weight excluding hydrogens is 394 g/mol. The Morgan fingerprint density at radius 3 is 1.66 bits per heavy atom. The molecule has 0 aliphatic carbocycles. The van der Waals surface area contributed by atoms with Crippen molar-refractivity contribution in [1.82, 2.24) is 0 Å². The Bertz CT molecular complexity index is 564. The second-order valence-electron chi connectivity index (χ2n) is 10.2. The molecule has 0 saturated heterocycles. The summed E-state index contributed by atoms with van der Waals surface area (Å²) in [5.74, 6) is 0. The Balaban J connectivity index is 2.07. The van der Waals surface area contributed by atoms with Crippen molar-refractivity contribution >= 4 is 11.8 Å². The van der Waals surface area contributed by atoms with E-state index < -0.39 is 5.60 Å². The Kier molecular flexibility index (Phi) is 16.0. The number of hydrogen-bond acceptors (Lipinski definition) is 2. The zero-order valence-corrected chi connectivity index (χ0v) is 21.6. The molecule has 0 bridgehead atoms. The molecule has 1 aromatic carbocycles. The highest BCUT2D eigenvalue weighted by molar-refractivity contribution is 5.87. The number of para-hydroxylation sites is 1. The SMILES string of the molecule is CCCCCCCCCCCCCCCCCCN(C(=O)OC(C)(C)C)c1[c]cccc1. The Morgan fingerprint density at radius 1 is 0.781 bits per heavy atom. The van der Waals surface area contributed by atoms with Crippen LogP contribution in [-0.2, 0) is 4.74 Å². The first-order chi connectivity index (χ1) is 15.4. The fraction of sp³-hybridized carbons (Fsp3) is 0.759. The Hall–Kier alpha value is -1.51. The van der Waals surface area contributed by atoms with Gasteiger partial charge in [-0.2, -0.15) is 0 Å². The van der Waals surface area contributed by atoms with Gasteiger partial charge in [-0.05, 0) is 33.3 Å². The van der Waals surface area contributed by atoms with Crippen LogP contribution in [0.1, 0.15) is 130 Å². The molecule has 1 aromatic rings. The zero-order valence-electron chi connectivity index (χ0n) is 21.6. The van der Waals surface area contributed by atoms with Crippen LogP contribution in [0.3, 0.4) is 0 Å². The van der Waals surface area contributed by atoms with E-state index in [0.717, 1.165) is 18.5 Å². The molecule has 0 fully saturated rings. The molecule has 1 amide bonds. The van der Waals surface area contributed by atoms with E-state index in [1.165, 1.54) is 89.9 Å². The summed E-state index contributed by atoms with van der Waals surface area (Å²) in [7, 11) is 0. The number of hydrogen-bond donors (Lipinski definition) is 0. The fourth-order valence-corrected chi connectivity index (χ4v) is 4.00. The molecule has 0 aromatic heterocycles. The van der Waals surface area contributed by atoms with Crippen molar-refractivity contribution in [2.45, 2.75) is 136 Å². The van der Waals surface area contributed by atoms with Crippen LogP contribution in [0.5, 0.6) is 0 Å². The predicted molar refractivity (Wildman–Crippen MR) is 138 cm³/mol. The standard InChI is InChI=1S/C29H50NO2/c1-5-6-7-8-9-10-11-12-13-14-15-16-17-18-19-23-26-30(27-24-21-20-22-25-27)28(31)32-29(2,3)4/h20-22,24H,5-19,23,26H2,1-4H3. The van der Waals surface area contributed by atoms with Gasteiger partial charge in [-0.1, -0.05) is 121 Å². The van der Waals surface area contributed by atoms with Crippen LogP contribution in [0, 0.1) is 6.07 Å². The molecule has 1 radical (unpaired) electrons. The van der Waals surface area contributed by atoms with Crippen molar-refractivity contribution in [3.8, 4) is 0 Å². The largest absolute Gasteiger partial charge is 0.443 e. The Morgan fingerprint density at radius 2 is 1.25 bits per heavy atom. The van der Waals surface area contributed by atoms with Gasteiger partial charge in [-0.25, -0.2) is 4.79 Å². The monoisotopic (exact) mass is 444 g/mol. The lowest BCUT2D eigenvalue weighted by molar-refractivity contribution is 0.0579. The molecule has 183 valence electrons. The number of carbonyl (C=O) groups is 1. The molecule has 0 N–H and O–H groups in total. The van der Waals surface area contributed by atoms with Crippen molar-refractivity contribution in [2.75, 3.05) is 11.4 Å². The normalized spacial score (nSPS) is 11.5. The summed E-state index contributed by atoms with van der Waals surface area (Å²) in [6, 6.07) is 10.8. The molecule has 3 nitrogen and oxygen atoms in total. The third-order valence-corrected chi connectivity index (χ3v) is 5.83. The van der Waals surface area contributed by atoms with E-state index in [-0.39, 0.29) is 6.09 Å². The summed E-state index contributed by atoms with van der Waals surface area (Å²) >= 11 is 0. The molecule has 1 rings (SSSR count). The highest BCUT2D eigenvalue weighted by atomic mass is 16.6. The first-order valence-electron chi connectivity index (χ1n) is 13.4. The number of amides is 1. The van der Waals surface area contributed by atoms with Gasteiger partial charge in [-0.3, -0.25) is 4.90 Å². The predicted octanol–water partition coefficient (Wildman–Crippen LogP) is 9.49. The number of ether oxygens (including phenoxy) is 1. The third kappa shape index (κ3) is 15.3. The maximum atomic E-state index is 12.6. The van der Waals surface area contributed by atoms with Crippen LogP contribution < -0.4 is 4.90 Å². The quantitative estimate of drug-likeness (QED) is 0.211. The highest BCUT2D eigenvalue weighted by Gasteiger charge is 2.23. The van der Waals surface area contributed by atoms with Crippen LogP contribution in [0.25, 0.3) is 0 Å². The summed E-state index contributed by atoms with van der Waals surface area (Å²) in [6.45, 7) is 8.70. The number of unbranched alkanes of at least 4 members (excludes halogenated alkanes) is 15. The minimum atomic E-state index is -0.487. The van der Waals surface area contributed by atoms with Crippen molar-refractivity contribution in [2.24, 2.45) is 0 Å². The average molecular weight is 445 g/mol. The van der Waals surface area contributed by atoms with E-state index in [0.29, 0.717) is 6.54 Å². The van der Waals surface area contributed by atoms with Gasteiger partial charge in [0.05, 0.1) is 5.69 Å². The highest BCUT2D eigenvalue weighted by Crippen LogP contribution is 2.19. The van der Waals surface area contributed by atoms with Gasteiger partial charge in [0.15, 0.2) is 0 Å². The first-order valence-corrected chi connectivity index (χ1v) is 13.4. The zero-order chi connectivity index (χ0) is 23.5. The number of nitrogens with zero attached hydrogens (tertiary/aromatic N) is 1. The van der Waals surface area contributed by atoms with Crippen molar-refractivity contribution in [3.05, 3.63) is 30.3 Å². The van der Waals surface area contributed by atoms with Crippen LogP contribution in [0.15, 0.2) is 24.3 Å². The summed E-state index contributed by atoms with van der Waals surface area (Å²) in [5, 5.41) is 0. The van der Waals surface area contributed by atoms with Crippen LogP contribution in [0.4, 0.5) is 10.5 Å². The maximum Gasteiger partial charge on any atom is 0.414 e. The third-order valence-electron chi connectivity index (χ3n) is 5.83. The van der Waals surface area contributed by atoms with Crippen molar-refractivity contribution < 1.29 is 9.53 Å². The lowest BCUT2D eigenvalue weighted by Crippen LogP contribution is -2.37. The molecule has 0 unspecified atom stereocenters. The molecule has 0 spiro atoms. The van der Waals surface area contributed by atoms with E-state index in [2.05, 4.69) is 13.0 Å². The lowest BCUT2D eigenvalue weighted by atomic mass is 10.0. The summed E-state index contributed by atoms with van der Waals surface area (Å²) in [4.78, 5) is 14.4. The van der Waals surface area contributed by atoms with Crippen LogP contribution in [-0.4, -0.2) is 18.2 Å². The maximum absolute atomic E-state index is 12.6. The minimum absolute atomic E-state index is 0.277. The number of carbonyl (C=O) groups excluding carboxylic acids is 1. The molecule has 3 heteroatoms. The van der Waals surface area contributed by atoms with Gasteiger partial charge in [0.1, 0.15) is 5.60 Å². The lowest BCUT2D eigenvalue weighted by Gasteiger charge is -2.27. The molecular formula is C29H50NO2. The first kappa shape index (κ1) is 28.5. The van der Waals surface area contributed by atoms with Gasteiger partial charge in [0.25, 0.3) is 0 Å². The van der Waals surface area contributed by atoms with E-state index in [4.69, 9.17) is 4.74 Å². The average Bonchev–Trinajstić information content (AvgIpc) is 2.75. The van der Waals surface area contributed by atoms with E-state index in [1.807, 2.05) is 45.0 Å². The second kappa shape index (κ2) is 18.0. The van der Waals surface area contributed by atoms with E-state index in [9.17, 15) is 4.79 Å². The molecule has 0 aliphatic rings. The number of anilines is 1. The fourth-order valence-electron chi connectivity index (χ4n) is 4.00.